The SMILES string of the molecule is O=C(c1ccc(-n2ccnc2)c([N+](=O)[O-])c1)N1CCC(NCC2CC2)CC1. The van der Waals surface area contributed by atoms with Gasteiger partial charge in [0, 0.05) is 43.2 Å². The molecule has 1 saturated carbocycles. The fourth-order valence-corrected chi connectivity index (χ4v) is 3.55. The van der Waals surface area contributed by atoms with Gasteiger partial charge in [0.2, 0.25) is 0 Å². The molecule has 1 aliphatic carbocycles. The smallest absolute Gasteiger partial charge is 0.294 e. The molecule has 2 fully saturated rings. The summed E-state index contributed by atoms with van der Waals surface area (Å²) in [6, 6.07) is 5.10. The van der Waals surface area contributed by atoms with Crippen LogP contribution in [0.2, 0.25) is 0 Å². The Balaban J connectivity index is 1.44. The van der Waals surface area contributed by atoms with Crippen LogP contribution in [0.25, 0.3) is 5.69 Å². The summed E-state index contributed by atoms with van der Waals surface area (Å²) in [6.45, 7) is 2.44. The molecule has 0 spiro atoms. The lowest BCUT2D eigenvalue weighted by Crippen LogP contribution is -2.45. The highest BCUT2D eigenvalue weighted by molar-refractivity contribution is 5.95. The van der Waals surface area contributed by atoms with Crippen molar-refractivity contribution in [1.82, 2.24) is 19.8 Å². The van der Waals surface area contributed by atoms with Gasteiger partial charge in [0.15, 0.2) is 0 Å². The van der Waals surface area contributed by atoms with Gasteiger partial charge in [0.25, 0.3) is 11.6 Å². The number of carbonyl (C=O) groups is 1. The maximum atomic E-state index is 12.8. The quantitative estimate of drug-likeness (QED) is 0.623. The zero-order chi connectivity index (χ0) is 18.8. The number of benzene rings is 1. The van der Waals surface area contributed by atoms with Crippen LogP contribution in [0.15, 0.2) is 36.9 Å². The lowest BCUT2D eigenvalue weighted by molar-refractivity contribution is -0.384. The first-order valence-electron chi connectivity index (χ1n) is 9.41. The Morgan fingerprint density at radius 2 is 2.04 bits per heavy atom. The second kappa shape index (κ2) is 7.48. The van der Waals surface area contributed by atoms with Gasteiger partial charge in [-0.25, -0.2) is 4.98 Å². The molecule has 2 heterocycles. The molecule has 8 heteroatoms. The van der Waals surface area contributed by atoms with E-state index in [1.54, 1.807) is 34.0 Å². The molecule has 0 atom stereocenters. The van der Waals surface area contributed by atoms with Crippen molar-refractivity contribution in [2.75, 3.05) is 19.6 Å². The minimum Gasteiger partial charge on any atom is -0.339 e. The summed E-state index contributed by atoms with van der Waals surface area (Å²) in [5, 5.41) is 15.1. The third kappa shape index (κ3) is 4.00. The highest BCUT2D eigenvalue weighted by Gasteiger charge is 2.27. The normalized spacial score (nSPS) is 17.9. The van der Waals surface area contributed by atoms with E-state index in [1.165, 1.54) is 25.2 Å². The number of carbonyl (C=O) groups excluding carboxylic acids is 1. The molecular weight excluding hydrogens is 346 g/mol. The van der Waals surface area contributed by atoms with Crippen LogP contribution in [-0.4, -0.2) is 51.0 Å². The molecule has 27 heavy (non-hydrogen) atoms. The van der Waals surface area contributed by atoms with Gasteiger partial charge in [-0.15, -0.1) is 0 Å². The van der Waals surface area contributed by atoms with Crippen LogP contribution in [0.1, 0.15) is 36.0 Å². The zero-order valence-corrected chi connectivity index (χ0v) is 15.1. The molecule has 0 bridgehead atoms. The maximum Gasteiger partial charge on any atom is 0.294 e. The number of hydrogen-bond acceptors (Lipinski definition) is 5. The summed E-state index contributed by atoms with van der Waals surface area (Å²) in [5.41, 5.74) is 0.659. The van der Waals surface area contributed by atoms with Gasteiger partial charge in [0.05, 0.1) is 11.3 Å². The number of imidazole rings is 1. The van der Waals surface area contributed by atoms with Crippen LogP contribution in [-0.2, 0) is 0 Å². The fraction of sp³-hybridized carbons (Fsp3) is 0.474. The Kier molecular flexibility index (Phi) is 4.89. The van der Waals surface area contributed by atoms with Gasteiger partial charge < -0.3 is 14.8 Å². The predicted octanol–water partition coefficient (Wildman–Crippen LogP) is 2.38. The van der Waals surface area contributed by atoms with Gasteiger partial charge in [-0.05, 0) is 50.3 Å². The Bertz CT molecular complexity index is 824. The van der Waals surface area contributed by atoms with E-state index in [0.29, 0.717) is 30.4 Å². The largest absolute Gasteiger partial charge is 0.339 e. The Hall–Kier alpha value is -2.74. The second-order valence-corrected chi connectivity index (χ2v) is 7.35. The topological polar surface area (TPSA) is 93.3 Å². The van der Waals surface area contributed by atoms with E-state index >= 15 is 0 Å². The van der Waals surface area contributed by atoms with Crippen LogP contribution < -0.4 is 5.32 Å². The molecule has 1 amide bonds. The van der Waals surface area contributed by atoms with Crippen molar-refractivity contribution < 1.29 is 9.72 Å². The molecular formula is C19H23N5O3. The zero-order valence-electron chi connectivity index (χ0n) is 15.1. The summed E-state index contributed by atoms with van der Waals surface area (Å²) in [4.78, 5) is 29.6. The summed E-state index contributed by atoms with van der Waals surface area (Å²) in [6.07, 6.45) is 9.22. The van der Waals surface area contributed by atoms with Gasteiger partial charge in [-0.2, -0.15) is 0 Å². The van der Waals surface area contributed by atoms with Gasteiger partial charge in [0.1, 0.15) is 5.69 Å². The summed E-state index contributed by atoms with van der Waals surface area (Å²) in [5.74, 6) is 0.704. The number of amides is 1. The van der Waals surface area contributed by atoms with Gasteiger partial charge in [-0.1, -0.05) is 0 Å². The average molecular weight is 369 g/mol. The minimum atomic E-state index is -0.458. The fourth-order valence-electron chi connectivity index (χ4n) is 3.55. The van der Waals surface area contributed by atoms with Crippen LogP contribution in [0, 0.1) is 16.0 Å². The van der Waals surface area contributed by atoms with Crippen LogP contribution in [0.3, 0.4) is 0 Å². The second-order valence-electron chi connectivity index (χ2n) is 7.35. The molecule has 142 valence electrons. The van der Waals surface area contributed by atoms with E-state index in [-0.39, 0.29) is 11.6 Å². The van der Waals surface area contributed by atoms with Crippen LogP contribution in [0.5, 0.6) is 0 Å². The van der Waals surface area contributed by atoms with E-state index in [2.05, 4.69) is 10.3 Å². The van der Waals surface area contributed by atoms with E-state index in [4.69, 9.17) is 0 Å². The average Bonchev–Trinajstić information content (AvgIpc) is 3.37. The van der Waals surface area contributed by atoms with Gasteiger partial charge in [-0.3, -0.25) is 14.9 Å². The van der Waals surface area contributed by atoms with Crippen molar-refractivity contribution in [1.29, 1.82) is 0 Å². The highest BCUT2D eigenvalue weighted by Crippen LogP contribution is 2.28. The molecule has 1 aromatic carbocycles. The van der Waals surface area contributed by atoms with Crippen molar-refractivity contribution in [2.45, 2.75) is 31.7 Å². The van der Waals surface area contributed by atoms with Crippen molar-refractivity contribution in [3.8, 4) is 5.69 Å². The minimum absolute atomic E-state index is 0.0974. The first kappa shape index (κ1) is 17.7. The predicted molar refractivity (Wildman–Crippen MR) is 99.9 cm³/mol. The van der Waals surface area contributed by atoms with Crippen molar-refractivity contribution in [3.63, 3.8) is 0 Å². The molecule has 1 N–H and O–H groups in total. The van der Waals surface area contributed by atoms with Crippen molar-refractivity contribution >= 4 is 11.6 Å². The van der Waals surface area contributed by atoms with Gasteiger partial charge >= 0.3 is 0 Å². The number of rotatable bonds is 6. The summed E-state index contributed by atoms with van der Waals surface area (Å²) >= 11 is 0. The number of aromatic nitrogens is 2. The molecule has 2 aromatic rings. The first-order valence-corrected chi connectivity index (χ1v) is 9.41. The number of hydrogen-bond donors (Lipinski definition) is 1. The Morgan fingerprint density at radius 1 is 1.26 bits per heavy atom. The maximum absolute atomic E-state index is 12.8. The molecule has 1 aliphatic heterocycles. The first-order chi connectivity index (χ1) is 13.1. The molecule has 0 radical (unpaired) electrons. The van der Waals surface area contributed by atoms with Crippen LogP contribution >= 0.6 is 0 Å². The van der Waals surface area contributed by atoms with Crippen LogP contribution in [0.4, 0.5) is 5.69 Å². The third-order valence-electron chi connectivity index (χ3n) is 5.38. The number of likely N-dealkylation sites (tertiary alicyclic amines) is 1. The summed E-state index contributed by atoms with van der Waals surface area (Å²) < 4.78 is 1.57. The Morgan fingerprint density at radius 3 is 2.67 bits per heavy atom. The van der Waals surface area contributed by atoms with E-state index in [9.17, 15) is 14.9 Å². The number of piperidine rings is 1. The standard InChI is InChI=1S/C19H23N5O3/c25-19(22-8-5-16(6-9-22)21-12-14-1-2-14)15-3-4-17(18(11-15)24(26)27)23-10-7-20-13-23/h3-4,7,10-11,13-14,16,21H,1-2,5-6,8-9,12H2. The van der Waals surface area contributed by atoms with E-state index < -0.39 is 4.92 Å². The molecule has 0 unspecified atom stereocenters. The molecule has 8 nitrogen and oxygen atoms in total. The van der Waals surface area contributed by atoms with Crippen molar-refractivity contribution in [3.05, 3.63) is 52.6 Å². The molecule has 1 saturated heterocycles. The number of nitrogens with one attached hydrogen (secondary N) is 1. The molecule has 4 rings (SSSR count). The van der Waals surface area contributed by atoms with Crippen molar-refractivity contribution in [2.24, 2.45) is 5.92 Å². The number of nitrogens with zero attached hydrogens (tertiary/aromatic N) is 4. The number of nitro benzene ring substituents is 1. The highest BCUT2D eigenvalue weighted by atomic mass is 16.6. The Labute approximate surface area is 157 Å². The number of nitro groups is 1. The monoisotopic (exact) mass is 369 g/mol. The molecule has 1 aromatic heterocycles. The molecule has 2 aliphatic rings. The lowest BCUT2D eigenvalue weighted by Gasteiger charge is -2.32. The third-order valence-corrected chi connectivity index (χ3v) is 5.38. The lowest BCUT2D eigenvalue weighted by atomic mass is 10.0. The summed E-state index contributed by atoms with van der Waals surface area (Å²) in [7, 11) is 0. The van der Waals surface area contributed by atoms with E-state index in [0.717, 1.165) is 25.3 Å². The van der Waals surface area contributed by atoms with E-state index in [1.807, 2.05) is 0 Å².